The van der Waals surface area contributed by atoms with Crippen molar-refractivity contribution in [1.82, 2.24) is 5.32 Å². The molecule has 0 spiro atoms. The van der Waals surface area contributed by atoms with E-state index >= 15 is 0 Å². The van der Waals surface area contributed by atoms with Gasteiger partial charge in [-0.3, -0.25) is 0 Å². The van der Waals surface area contributed by atoms with Crippen molar-refractivity contribution in [3.05, 3.63) is 34.6 Å². The quantitative estimate of drug-likeness (QED) is 0.793. The standard InChI is InChI=1S/C17H25ClFN/c1-12(2)20-11-15(13-5-3-4-6-13)9-14-10-16(18)7-8-17(14)19/h7-8,10,12-13,15,20H,3-6,9,11H2,1-2H3. The molecule has 2 rings (SSSR count). The summed E-state index contributed by atoms with van der Waals surface area (Å²) in [6.45, 7) is 5.28. The summed E-state index contributed by atoms with van der Waals surface area (Å²) < 4.78 is 13.9. The normalized spacial score (nSPS) is 17.9. The maximum absolute atomic E-state index is 13.9. The molecule has 1 aliphatic carbocycles. The minimum absolute atomic E-state index is 0.123. The van der Waals surface area contributed by atoms with Crippen LogP contribution >= 0.6 is 11.6 Å². The Labute approximate surface area is 126 Å². The van der Waals surface area contributed by atoms with Gasteiger partial charge in [-0.1, -0.05) is 51.1 Å². The third kappa shape index (κ3) is 4.46. The Morgan fingerprint density at radius 2 is 2.00 bits per heavy atom. The Hall–Kier alpha value is -0.600. The Bertz CT molecular complexity index is 427. The van der Waals surface area contributed by atoms with Crippen LogP contribution in [0.1, 0.15) is 45.1 Å². The average Bonchev–Trinajstić information content (AvgIpc) is 2.92. The molecule has 1 unspecified atom stereocenters. The zero-order valence-electron chi connectivity index (χ0n) is 12.5. The second-order valence-corrected chi connectivity index (χ2v) is 6.74. The van der Waals surface area contributed by atoms with E-state index in [4.69, 9.17) is 11.6 Å². The summed E-state index contributed by atoms with van der Waals surface area (Å²) in [4.78, 5) is 0. The van der Waals surface area contributed by atoms with Gasteiger partial charge in [0.05, 0.1) is 0 Å². The molecule has 1 atom stereocenters. The van der Waals surface area contributed by atoms with Crippen LogP contribution in [-0.2, 0) is 6.42 Å². The lowest BCUT2D eigenvalue weighted by atomic mass is 9.85. The molecule has 1 saturated carbocycles. The number of rotatable bonds is 6. The molecule has 0 aromatic heterocycles. The van der Waals surface area contributed by atoms with Crippen molar-refractivity contribution in [2.45, 2.75) is 52.0 Å². The molecular formula is C17H25ClFN. The van der Waals surface area contributed by atoms with Gasteiger partial charge in [-0.25, -0.2) is 4.39 Å². The van der Waals surface area contributed by atoms with Gasteiger partial charge in [0.15, 0.2) is 0 Å². The topological polar surface area (TPSA) is 12.0 Å². The van der Waals surface area contributed by atoms with Gasteiger partial charge in [0.2, 0.25) is 0 Å². The third-order valence-electron chi connectivity index (χ3n) is 4.34. The second kappa shape index (κ2) is 7.42. The van der Waals surface area contributed by atoms with Crippen LogP contribution in [-0.4, -0.2) is 12.6 Å². The summed E-state index contributed by atoms with van der Waals surface area (Å²) in [5.41, 5.74) is 0.764. The van der Waals surface area contributed by atoms with E-state index in [2.05, 4.69) is 19.2 Å². The highest BCUT2D eigenvalue weighted by molar-refractivity contribution is 6.30. The lowest BCUT2D eigenvalue weighted by molar-refractivity contribution is 0.310. The molecule has 0 radical (unpaired) electrons. The average molecular weight is 298 g/mol. The summed E-state index contributed by atoms with van der Waals surface area (Å²) in [7, 11) is 0. The van der Waals surface area contributed by atoms with Gasteiger partial charge in [-0.2, -0.15) is 0 Å². The third-order valence-corrected chi connectivity index (χ3v) is 4.58. The molecule has 20 heavy (non-hydrogen) atoms. The number of halogens is 2. The van der Waals surface area contributed by atoms with Gasteiger partial charge >= 0.3 is 0 Å². The maximum Gasteiger partial charge on any atom is 0.126 e. The Morgan fingerprint density at radius 1 is 1.30 bits per heavy atom. The van der Waals surface area contributed by atoms with Crippen LogP contribution in [0.25, 0.3) is 0 Å². The van der Waals surface area contributed by atoms with Gasteiger partial charge in [0.25, 0.3) is 0 Å². The molecule has 1 aromatic rings. The lowest BCUT2D eigenvalue weighted by Crippen LogP contribution is -2.33. The highest BCUT2D eigenvalue weighted by Crippen LogP contribution is 2.33. The number of hydrogen-bond acceptors (Lipinski definition) is 1. The summed E-state index contributed by atoms with van der Waals surface area (Å²) in [5, 5.41) is 4.15. The second-order valence-electron chi connectivity index (χ2n) is 6.31. The van der Waals surface area contributed by atoms with E-state index in [0.29, 0.717) is 17.0 Å². The Morgan fingerprint density at radius 3 is 2.65 bits per heavy atom. The fourth-order valence-electron chi connectivity index (χ4n) is 3.20. The Kier molecular flexibility index (Phi) is 5.86. The molecule has 0 heterocycles. The Balaban J connectivity index is 2.07. The maximum atomic E-state index is 13.9. The summed E-state index contributed by atoms with van der Waals surface area (Å²) in [6.07, 6.45) is 6.00. The van der Waals surface area contributed by atoms with Crippen molar-refractivity contribution in [3.63, 3.8) is 0 Å². The molecule has 1 aromatic carbocycles. The van der Waals surface area contributed by atoms with Crippen LogP contribution in [0.5, 0.6) is 0 Å². The zero-order valence-corrected chi connectivity index (χ0v) is 13.2. The fraction of sp³-hybridized carbons (Fsp3) is 0.647. The van der Waals surface area contributed by atoms with Crippen LogP contribution < -0.4 is 5.32 Å². The molecule has 0 aliphatic heterocycles. The molecule has 1 fully saturated rings. The van der Waals surface area contributed by atoms with E-state index in [0.717, 1.165) is 24.4 Å². The molecule has 0 amide bonds. The molecule has 3 heteroatoms. The van der Waals surface area contributed by atoms with Crippen LogP contribution in [0.4, 0.5) is 4.39 Å². The lowest BCUT2D eigenvalue weighted by Gasteiger charge is -2.25. The first-order chi connectivity index (χ1) is 9.56. The first-order valence-electron chi connectivity index (χ1n) is 7.73. The number of nitrogens with one attached hydrogen (secondary N) is 1. The van der Waals surface area contributed by atoms with Crippen molar-refractivity contribution in [1.29, 1.82) is 0 Å². The van der Waals surface area contributed by atoms with Crippen LogP contribution in [0.2, 0.25) is 5.02 Å². The van der Waals surface area contributed by atoms with Crippen LogP contribution in [0.15, 0.2) is 18.2 Å². The summed E-state index contributed by atoms with van der Waals surface area (Å²) in [5.74, 6) is 1.11. The highest BCUT2D eigenvalue weighted by atomic mass is 35.5. The van der Waals surface area contributed by atoms with Gasteiger partial charge < -0.3 is 5.32 Å². The van der Waals surface area contributed by atoms with Crippen molar-refractivity contribution < 1.29 is 4.39 Å². The smallest absolute Gasteiger partial charge is 0.126 e. The summed E-state index contributed by atoms with van der Waals surface area (Å²) >= 11 is 6.01. The predicted octanol–water partition coefficient (Wildman–Crippen LogP) is 4.83. The van der Waals surface area contributed by atoms with Crippen molar-refractivity contribution >= 4 is 11.6 Å². The SMILES string of the molecule is CC(C)NCC(Cc1cc(Cl)ccc1F)C1CCCC1. The number of hydrogen-bond donors (Lipinski definition) is 1. The molecule has 112 valence electrons. The van der Waals surface area contributed by atoms with Crippen LogP contribution in [0.3, 0.4) is 0 Å². The van der Waals surface area contributed by atoms with Crippen molar-refractivity contribution in [2.75, 3.05) is 6.54 Å². The van der Waals surface area contributed by atoms with E-state index < -0.39 is 0 Å². The molecule has 1 N–H and O–H groups in total. The first kappa shape index (κ1) is 15.8. The first-order valence-corrected chi connectivity index (χ1v) is 8.11. The molecule has 1 nitrogen and oxygen atoms in total. The van der Waals surface area contributed by atoms with Gasteiger partial charge in [-0.05, 0) is 48.6 Å². The van der Waals surface area contributed by atoms with Crippen LogP contribution in [0, 0.1) is 17.7 Å². The van der Waals surface area contributed by atoms with E-state index in [1.54, 1.807) is 12.1 Å². The van der Waals surface area contributed by atoms with Gasteiger partial charge in [-0.15, -0.1) is 0 Å². The number of benzene rings is 1. The minimum Gasteiger partial charge on any atom is -0.314 e. The monoisotopic (exact) mass is 297 g/mol. The largest absolute Gasteiger partial charge is 0.314 e. The summed E-state index contributed by atoms with van der Waals surface area (Å²) in [6, 6.07) is 5.37. The minimum atomic E-state index is -0.123. The molecule has 0 saturated heterocycles. The van der Waals surface area contributed by atoms with E-state index in [9.17, 15) is 4.39 Å². The molecular weight excluding hydrogens is 273 g/mol. The highest BCUT2D eigenvalue weighted by Gasteiger charge is 2.26. The molecule has 0 bridgehead atoms. The fourth-order valence-corrected chi connectivity index (χ4v) is 3.40. The van der Waals surface area contributed by atoms with Gasteiger partial charge in [0.1, 0.15) is 5.82 Å². The van der Waals surface area contributed by atoms with Crippen molar-refractivity contribution in [3.8, 4) is 0 Å². The zero-order chi connectivity index (χ0) is 14.5. The van der Waals surface area contributed by atoms with E-state index in [1.807, 2.05) is 0 Å². The predicted molar refractivity (Wildman–Crippen MR) is 83.7 cm³/mol. The van der Waals surface area contributed by atoms with Crippen molar-refractivity contribution in [2.24, 2.45) is 11.8 Å². The van der Waals surface area contributed by atoms with Gasteiger partial charge in [0, 0.05) is 11.1 Å². The van der Waals surface area contributed by atoms with E-state index in [1.165, 1.54) is 31.7 Å². The molecule has 1 aliphatic rings. The van der Waals surface area contributed by atoms with E-state index in [-0.39, 0.29) is 5.82 Å².